The fraction of sp³-hybridized carbons (Fsp3) is 1.00. The Kier molecular flexibility index (Phi) is 41.7. The molecule has 6 heteroatoms. The molecule has 0 N–H and O–H groups in total. The lowest BCUT2D eigenvalue weighted by atomic mass is 10.0. The molecule has 55 heavy (non-hydrogen) atoms. The van der Waals surface area contributed by atoms with E-state index in [1.165, 1.54) is 154 Å². The van der Waals surface area contributed by atoms with Gasteiger partial charge in [-0.3, -0.25) is 0 Å². The normalized spacial score (nSPS) is 15.3. The van der Waals surface area contributed by atoms with Gasteiger partial charge in [0, 0.05) is 13.2 Å². The van der Waals surface area contributed by atoms with Crippen molar-refractivity contribution < 1.29 is 28.8 Å². The molecule has 5 unspecified atom stereocenters. The van der Waals surface area contributed by atoms with Crippen LogP contribution in [0.25, 0.3) is 0 Å². The van der Waals surface area contributed by atoms with Gasteiger partial charge < -0.3 is 23.7 Å². The van der Waals surface area contributed by atoms with E-state index in [9.17, 15) is 5.11 Å². The van der Waals surface area contributed by atoms with Crippen LogP contribution in [0.1, 0.15) is 260 Å². The molecule has 0 bridgehead atoms. The van der Waals surface area contributed by atoms with Crippen molar-refractivity contribution in [2.75, 3.05) is 26.4 Å². The van der Waals surface area contributed by atoms with Crippen molar-refractivity contribution in [2.45, 2.75) is 291 Å². The Labute approximate surface area is 345 Å². The van der Waals surface area contributed by atoms with Crippen molar-refractivity contribution in [1.82, 2.24) is 0 Å². The fourth-order valence-corrected chi connectivity index (χ4v) is 7.49. The van der Waals surface area contributed by atoms with Crippen LogP contribution >= 0.6 is 0 Å². The number of hydrogen-bond donors (Lipinski definition) is 0. The third kappa shape index (κ3) is 35.4. The third-order valence-electron chi connectivity index (χ3n) is 11.3. The van der Waals surface area contributed by atoms with E-state index < -0.39 is 5.97 Å². The smallest absolute Gasteiger partial charge is 0.314 e. The summed E-state index contributed by atoms with van der Waals surface area (Å²) < 4.78 is 31.8. The van der Waals surface area contributed by atoms with E-state index in [4.69, 9.17) is 23.7 Å². The van der Waals surface area contributed by atoms with E-state index >= 15 is 0 Å². The Morgan fingerprint density at radius 2 is 0.709 bits per heavy atom. The lowest BCUT2D eigenvalue weighted by Gasteiger charge is -2.34. The summed E-state index contributed by atoms with van der Waals surface area (Å²) >= 11 is 0. The second-order valence-electron chi connectivity index (χ2n) is 16.9. The van der Waals surface area contributed by atoms with E-state index in [0.717, 1.165) is 64.6 Å². The van der Waals surface area contributed by atoms with Gasteiger partial charge in [0.25, 0.3) is 0 Å². The number of ether oxygens (including phenoxy) is 5. The molecule has 0 amide bonds. The van der Waals surface area contributed by atoms with Crippen molar-refractivity contribution >= 4 is 0 Å². The zero-order valence-corrected chi connectivity index (χ0v) is 38.4. The summed E-state index contributed by atoms with van der Waals surface area (Å²) in [4.78, 5) is 0. The van der Waals surface area contributed by atoms with Crippen LogP contribution in [0.4, 0.5) is 0 Å². The monoisotopic (exact) mass is 784 g/mol. The number of unbranched alkanes of at least 4 members (excludes halogenated alkanes) is 25. The second-order valence-corrected chi connectivity index (χ2v) is 16.9. The minimum atomic E-state index is -1.95. The molecule has 0 aromatic rings. The summed E-state index contributed by atoms with van der Waals surface area (Å²) in [5.41, 5.74) is 0. The Morgan fingerprint density at radius 3 is 1.11 bits per heavy atom. The summed E-state index contributed by atoms with van der Waals surface area (Å²) in [5.74, 6) is -1.95. The summed E-state index contributed by atoms with van der Waals surface area (Å²) in [6.07, 6.45) is 38.9. The molecule has 0 aliphatic carbocycles. The van der Waals surface area contributed by atoms with Crippen LogP contribution < -0.4 is 0 Å². The van der Waals surface area contributed by atoms with Crippen LogP contribution in [0.3, 0.4) is 0 Å². The lowest BCUT2D eigenvalue weighted by molar-refractivity contribution is -0.412. The number of hydrogen-bond acceptors (Lipinski definition) is 5. The quantitative estimate of drug-likeness (QED) is 0.0454. The zero-order chi connectivity index (χ0) is 40.5. The predicted octanol–water partition coefficient (Wildman–Crippen LogP) is 15.6. The van der Waals surface area contributed by atoms with Crippen LogP contribution in [-0.4, -0.2) is 56.8 Å². The SMILES string of the molecule is CCCCCCCCCCOC(C)C(CCCCCCCC)OCCC([O])(OCCC)OC(CCCCCCCCC)C(C)OCCCCCCCCCC. The highest BCUT2D eigenvalue weighted by atomic mass is 16.8. The van der Waals surface area contributed by atoms with Crippen molar-refractivity contribution in [3.05, 3.63) is 0 Å². The van der Waals surface area contributed by atoms with Crippen molar-refractivity contribution in [1.29, 1.82) is 0 Å². The maximum atomic E-state index is 14.4. The van der Waals surface area contributed by atoms with Crippen molar-refractivity contribution in [2.24, 2.45) is 0 Å². The number of rotatable bonds is 46. The second kappa shape index (κ2) is 41.9. The molecular weight excluding hydrogens is 685 g/mol. The van der Waals surface area contributed by atoms with Gasteiger partial charge in [-0.15, -0.1) is 0 Å². The Hall–Kier alpha value is -0.240. The van der Waals surface area contributed by atoms with Gasteiger partial charge in [-0.25, -0.2) is 0 Å². The Balaban J connectivity index is 5.32. The predicted molar refractivity (Wildman–Crippen MR) is 236 cm³/mol. The first-order valence-electron chi connectivity index (χ1n) is 24.7. The molecule has 0 aromatic carbocycles. The molecule has 0 heterocycles. The Morgan fingerprint density at radius 1 is 0.364 bits per heavy atom. The molecule has 0 rings (SSSR count). The first-order chi connectivity index (χ1) is 26.9. The fourth-order valence-electron chi connectivity index (χ4n) is 7.49. The van der Waals surface area contributed by atoms with Gasteiger partial charge in [0.1, 0.15) is 0 Å². The summed E-state index contributed by atoms with van der Waals surface area (Å²) in [6.45, 7) is 17.5. The van der Waals surface area contributed by atoms with Gasteiger partial charge in [-0.1, -0.05) is 208 Å². The van der Waals surface area contributed by atoms with Crippen molar-refractivity contribution in [3.63, 3.8) is 0 Å². The van der Waals surface area contributed by atoms with Gasteiger partial charge in [-0.05, 0) is 46.0 Å². The zero-order valence-electron chi connectivity index (χ0n) is 38.4. The van der Waals surface area contributed by atoms with Gasteiger partial charge in [0.2, 0.25) is 0 Å². The highest BCUT2D eigenvalue weighted by Crippen LogP contribution is 2.26. The lowest BCUT2D eigenvalue weighted by Crippen LogP contribution is -2.44. The highest BCUT2D eigenvalue weighted by Gasteiger charge is 2.37. The molecule has 0 aliphatic heterocycles. The maximum Gasteiger partial charge on any atom is 0.314 e. The van der Waals surface area contributed by atoms with Gasteiger partial charge in [-0.2, -0.15) is 5.11 Å². The first kappa shape index (κ1) is 54.8. The van der Waals surface area contributed by atoms with E-state index in [0.29, 0.717) is 13.2 Å². The average molecular weight is 784 g/mol. The van der Waals surface area contributed by atoms with Gasteiger partial charge >= 0.3 is 5.97 Å². The topological polar surface area (TPSA) is 66.1 Å². The van der Waals surface area contributed by atoms with E-state index in [1.807, 2.05) is 6.92 Å². The molecule has 0 saturated heterocycles. The average Bonchev–Trinajstić information content (AvgIpc) is 3.18. The van der Waals surface area contributed by atoms with Crippen molar-refractivity contribution in [3.8, 4) is 0 Å². The minimum absolute atomic E-state index is 0.00596. The highest BCUT2D eigenvalue weighted by molar-refractivity contribution is 4.72. The molecule has 331 valence electrons. The molecular formula is C49H99O6. The molecule has 0 fully saturated rings. The molecule has 0 aromatic heterocycles. The summed E-state index contributed by atoms with van der Waals surface area (Å²) in [6, 6.07) is 0. The summed E-state index contributed by atoms with van der Waals surface area (Å²) in [5, 5.41) is 14.4. The molecule has 0 aliphatic rings. The molecule has 0 spiro atoms. The van der Waals surface area contributed by atoms with Gasteiger partial charge in [0.05, 0.1) is 44.1 Å². The largest absolute Gasteiger partial charge is 0.376 e. The van der Waals surface area contributed by atoms with E-state index in [1.54, 1.807) is 0 Å². The minimum Gasteiger partial charge on any atom is -0.376 e. The van der Waals surface area contributed by atoms with Gasteiger partial charge in [0.15, 0.2) is 0 Å². The van der Waals surface area contributed by atoms with Crippen LogP contribution in [0.15, 0.2) is 0 Å². The standard InChI is InChI=1S/C49H99O6/c1-8-13-17-21-25-28-32-36-42-51-45(6)47(38-34-30-24-20-16-11-4)53-44-40-49(50,54-41-12-5)55-48(39-35-31-27-23-19-15-10-3)46(7)52-43-37-33-29-26-22-18-14-9-2/h45-48H,8-44H2,1-7H3. The van der Waals surface area contributed by atoms with E-state index in [2.05, 4.69) is 41.5 Å². The van der Waals surface area contributed by atoms with Crippen LogP contribution in [-0.2, 0) is 28.8 Å². The van der Waals surface area contributed by atoms with Crippen LogP contribution in [0.2, 0.25) is 0 Å². The maximum absolute atomic E-state index is 14.4. The summed E-state index contributed by atoms with van der Waals surface area (Å²) in [7, 11) is 0. The molecule has 0 saturated carbocycles. The third-order valence-corrected chi connectivity index (χ3v) is 11.3. The van der Waals surface area contributed by atoms with Crippen LogP contribution in [0.5, 0.6) is 0 Å². The molecule has 1 radical (unpaired) electrons. The van der Waals surface area contributed by atoms with E-state index in [-0.39, 0.29) is 30.8 Å². The molecule has 6 nitrogen and oxygen atoms in total. The Bertz CT molecular complexity index is 736. The first-order valence-corrected chi connectivity index (χ1v) is 24.7. The molecule has 5 atom stereocenters. The van der Waals surface area contributed by atoms with Crippen LogP contribution in [0, 0.1) is 0 Å².